The molecule has 1 aromatic carbocycles. The van der Waals surface area contributed by atoms with Gasteiger partial charge in [-0.15, -0.1) is 12.4 Å². The Kier molecular flexibility index (Phi) is 6.69. The van der Waals surface area contributed by atoms with Crippen LogP contribution in [0, 0.1) is 11.6 Å². The Morgan fingerprint density at radius 3 is 2.55 bits per heavy atom. The van der Waals surface area contributed by atoms with Crippen molar-refractivity contribution in [1.82, 2.24) is 14.3 Å². The van der Waals surface area contributed by atoms with E-state index >= 15 is 0 Å². The maximum absolute atomic E-state index is 13.4. The Morgan fingerprint density at radius 1 is 1.27 bits per heavy atom. The molecule has 1 aliphatic heterocycles. The maximum atomic E-state index is 13.4. The van der Waals surface area contributed by atoms with E-state index in [1.54, 1.807) is 0 Å². The summed E-state index contributed by atoms with van der Waals surface area (Å²) in [6.07, 6.45) is 0.645. The van der Waals surface area contributed by atoms with Gasteiger partial charge in [0.25, 0.3) is 10.2 Å². The van der Waals surface area contributed by atoms with Gasteiger partial charge in [-0.05, 0) is 30.7 Å². The zero-order valence-electron chi connectivity index (χ0n) is 12.3. The van der Waals surface area contributed by atoms with Crippen molar-refractivity contribution in [3.8, 4) is 0 Å². The highest BCUT2D eigenvalue weighted by molar-refractivity contribution is 7.87. The number of hydrogen-bond acceptors (Lipinski definition) is 3. The SMILES string of the molecule is CN(C)S(=O)(=O)NC1CNCCC1c1ccc(F)c(F)c1.Cl. The largest absolute Gasteiger partial charge is 0.315 e. The maximum Gasteiger partial charge on any atom is 0.279 e. The van der Waals surface area contributed by atoms with Crippen LogP contribution in [0.4, 0.5) is 8.78 Å². The molecule has 0 aliphatic carbocycles. The molecule has 1 aliphatic rings. The standard InChI is InChI=1S/C13H19F2N3O2S.ClH/c1-18(2)21(19,20)17-13-8-16-6-5-10(13)9-3-4-11(14)12(15)7-9;/h3-4,7,10,13,16-17H,5-6,8H2,1-2H3;1H. The second-order valence-corrected chi connectivity index (χ2v) is 7.20. The highest BCUT2D eigenvalue weighted by atomic mass is 35.5. The lowest BCUT2D eigenvalue weighted by atomic mass is 9.86. The summed E-state index contributed by atoms with van der Waals surface area (Å²) in [7, 11) is -0.710. The second-order valence-electron chi connectivity index (χ2n) is 5.28. The minimum atomic E-state index is -3.58. The number of nitrogens with one attached hydrogen (secondary N) is 2. The number of halogens is 3. The molecule has 1 heterocycles. The smallest absolute Gasteiger partial charge is 0.279 e. The summed E-state index contributed by atoms with van der Waals surface area (Å²) in [6, 6.07) is 3.31. The van der Waals surface area contributed by atoms with Gasteiger partial charge in [0, 0.05) is 32.6 Å². The summed E-state index contributed by atoms with van der Waals surface area (Å²) in [6.45, 7) is 1.14. The molecule has 1 aromatic rings. The molecule has 0 aromatic heterocycles. The van der Waals surface area contributed by atoms with Crippen LogP contribution < -0.4 is 10.0 Å². The molecule has 0 amide bonds. The van der Waals surface area contributed by atoms with Gasteiger partial charge in [0.2, 0.25) is 0 Å². The van der Waals surface area contributed by atoms with Crippen LogP contribution in [0.3, 0.4) is 0 Å². The molecule has 2 unspecified atom stereocenters. The van der Waals surface area contributed by atoms with Gasteiger partial charge in [0.15, 0.2) is 11.6 Å². The first-order valence-corrected chi connectivity index (χ1v) is 8.10. The van der Waals surface area contributed by atoms with Crippen LogP contribution in [0.25, 0.3) is 0 Å². The Balaban J connectivity index is 0.00000242. The Hall–Kier alpha value is -0.800. The monoisotopic (exact) mass is 355 g/mol. The molecule has 2 N–H and O–H groups in total. The molecular weight excluding hydrogens is 336 g/mol. The molecule has 5 nitrogen and oxygen atoms in total. The molecule has 0 bridgehead atoms. The predicted molar refractivity (Wildman–Crippen MR) is 83.4 cm³/mol. The number of rotatable bonds is 4. The van der Waals surface area contributed by atoms with Crippen LogP contribution in [0.1, 0.15) is 17.9 Å². The summed E-state index contributed by atoms with van der Waals surface area (Å²) in [5.41, 5.74) is 0.599. The lowest BCUT2D eigenvalue weighted by Crippen LogP contribution is -2.52. The molecule has 0 saturated carbocycles. The van der Waals surface area contributed by atoms with Crippen LogP contribution >= 0.6 is 12.4 Å². The molecule has 9 heteroatoms. The van der Waals surface area contributed by atoms with E-state index in [4.69, 9.17) is 0 Å². The van der Waals surface area contributed by atoms with E-state index in [1.165, 1.54) is 20.2 Å². The fraction of sp³-hybridized carbons (Fsp3) is 0.538. The van der Waals surface area contributed by atoms with Crippen LogP contribution in [-0.4, -0.2) is 45.9 Å². The van der Waals surface area contributed by atoms with Gasteiger partial charge in [-0.2, -0.15) is 17.4 Å². The number of hydrogen-bond donors (Lipinski definition) is 2. The molecule has 1 fully saturated rings. The zero-order chi connectivity index (χ0) is 15.6. The fourth-order valence-electron chi connectivity index (χ4n) is 2.42. The van der Waals surface area contributed by atoms with Gasteiger partial charge in [-0.1, -0.05) is 6.07 Å². The minimum absolute atomic E-state index is 0. The van der Waals surface area contributed by atoms with E-state index in [2.05, 4.69) is 10.0 Å². The Labute approximate surface area is 135 Å². The van der Waals surface area contributed by atoms with Gasteiger partial charge in [-0.3, -0.25) is 0 Å². The lowest BCUT2D eigenvalue weighted by Gasteiger charge is -2.33. The molecule has 22 heavy (non-hydrogen) atoms. The molecule has 126 valence electrons. The molecular formula is C13H20ClF2N3O2S. The van der Waals surface area contributed by atoms with Gasteiger partial charge in [-0.25, -0.2) is 8.78 Å². The van der Waals surface area contributed by atoms with Crippen molar-refractivity contribution < 1.29 is 17.2 Å². The molecule has 2 atom stereocenters. The first kappa shape index (κ1) is 19.2. The predicted octanol–water partition coefficient (Wildman–Crippen LogP) is 1.23. The average Bonchev–Trinajstić information content (AvgIpc) is 2.42. The molecule has 1 saturated heterocycles. The van der Waals surface area contributed by atoms with E-state index in [0.29, 0.717) is 25.1 Å². The molecule has 2 rings (SSSR count). The van der Waals surface area contributed by atoms with Crippen molar-refractivity contribution in [2.75, 3.05) is 27.2 Å². The first-order valence-electron chi connectivity index (χ1n) is 6.66. The van der Waals surface area contributed by atoms with Crippen molar-refractivity contribution in [1.29, 1.82) is 0 Å². The van der Waals surface area contributed by atoms with Crippen LogP contribution in [0.2, 0.25) is 0 Å². The lowest BCUT2D eigenvalue weighted by molar-refractivity contribution is 0.368. The number of piperidine rings is 1. The topological polar surface area (TPSA) is 61.4 Å². The number of nitrogens with zero attached hydrogens (tertiary/aromatic N) is 1. The minimum Gasteiger partial charge on any atom is -0.315 e. The molecule has 0 radical (unpaired) electrons. The average molecular weight is 356 g/mol. The van der Waals surface area contributed by atoms with Crippen molar-refractivity contribution in [2.45, 2.75) is 18.4 Å². The van der Waals surface area contributed by atoms with Gasteiger partial charge in [0.05, 0.1) is 0 Å². The van der Waals surface area contributed by atoms with Crippen LogP contribution in [-0.2, 0) is 10.2 Å². The van der Waals surface area contributed by atoms with Gasteiger partial charge < -0.3 is 5.32 Å². The first-order chi connectivity index (χ1) is 9.81. The van der Waals surface area contributed by atoms with Gasteiger partial charge in [0.1, 0.15) is 0 Å². The van der Waals surface area contributed by atoms with E-state index < -0.39 is 27.9 Å². The summed E-state index contributed by atoms with van der Waals surface area (Å²) in [5.74, 6) is -2.02. The highest BCUT2D eigenvalue weighted by Gasteiger charge is 2.31. The summed E-state index contributed by atoms with van der Waals surface area (Å²) >= 11 is 0. The Bertz CT molecular complexity index is 613. The van der Waals surface area contributed by atoms with Gasteiger partial charge >= 0.3 is 0 Å². The van der Waals surface area contributed by atoms with Crippen molar-refractivity contribution in [3.05, 3.63) is 35.4 Å². The van der Waals surface area contributed by atoms with E-state index in [0.717, 1.165) is 16.4 Å². The third-order valence-electron chi connectivity index (χ3n) is 3.63. The zero-order valence-corrected chi connectivity index (χ0v) is 14.0. The Morgan fingerprint density at radius 2 is 1.95 bits per heavy atom. The summed E-state index contributed by atoms with van der Waals surface area (Å²) in [5, 5.41) is 3.11. The third-order valence-corrected chi connectivity index (χ3v) is 5.20. The molecule has 0 spiro atoms. The normalized spacial score (nSPS) is 22.4. The fourth-order valence-corrected chi connectivity index (χ4v) is 3.26. The van der Waals surface area contributed by atoms with Crippen molar-refractivity contribution in [3.63, 3.8) is 0 Å². The van der Waals surface area contributed by atoms with E-state index in [-0.39, 0.29) is 18.3 Å². The van der Waals surface area contributed by atoms with Crippen molar-refractivity contribution >= 4 is 22.6 Å². The van der Waals surface area contributed by atoms with Crippen LogP contribution in [0.15, 0.2) is 18.2 Å². The van der Waals surface area contributed by atoms with E-state index in [1.807, 2.05) is 0 Å². The second kappa shape index (κ2) is 7.65. The third kappa shape index (κ3) is 4.36. The quantitative estimate of drug-likeness (QED) is 0.854. The highest BCUT2D eigenvalue weighted by Crippen LogP contribution is 2.27. The van der Waals surface area contributed by atoms with Crippen molar-refractivity contribution in [2.24, 2.45) is 0 Å². The summed E-state index contributed by atoms with van der Waals surface area (Å²) < 4.78 is 54.0. The van der Waals surface area contributed by atoms with Crippen LogP contribution in [0.5, 0.6) is 0 Å². The summed E-state index contributed by atoms with van der Waals surface area (Å²) in [4.78, 5) is 0. The van der Waals surface area contributed by atoms with E-state index in [9.17, 15) is 17.2 Å². The number of benzene rings is 1.